The van der Waals surface area contributed by atoms with Crippen molar-refractivity contribution in [1.29, 1.82) is 0 Å². The van der Waals surface area contributed by atoms with Gasteiger partial charge in [-0.25, -0.2) is 4.98 Å². The predicted octanol–water partition coefficient (Wildman–Crippen LogP) is 1.32. The smallest absolute Gasteiger partial charge is 0.217 e. The lowest BCUT2D eigenvalue weighted by Crippen LogP contribution is -2.24. The summed E-state index contributed by atoms with van der Waals surface area (Å²) in [6.07, 6.45) is 4.28. The van der Waals surface area contributed by atoms with Crippen molar-refractivity contribution < 1.29 is 4.79 Å². The van der Waals surface area contributed by atoms with E-state index in [-0.39, 0.29) is 5.91 Å². The minimum Gasteiger partial charge on any atom is -0.356 e. The van der Waals surface area contributed by atoms with Crippen LogP contribution >= 0.6 is 0 Å². The zero-order chi connectivity index (χ0) is 11.4. The maximum atomic E-state index is 10.9. The molecule has 0 aliphatic carbocycles. The van der Waals surface area contributed by atoms with Gasteiger partial charge in [0.25, 0.3) is 0 Å². The van der Waals surface area contributed by atoms with Crippen molar-refractivity contribution in [2.75, 3.05) is 18.0 Å². The Morgan fingerprint density at radius 3 is 2.94 bits per heavy atom. The van der Waals surface area contributed by atoms with Crippen molar-refractivity contribution in [2.45, 2.75) is 26.3 Å². The van der Waals surface area contributed by atoms with Gasteiger partial charge in [0.05, 0.1) is 0 Å². The lowest BCUT2D eigenvalue weighted by atomic mass is 10.2. The van der Waals surface area contributed by atoms with E-state index in [9.17, 15) is 4.79 Å². The van der Waals surface area contributed by atoms with Gasteiger partial charge in [-0.3, -0.25) is 4.79 Å². The van der Waals surface area contributed by atoms with Crippen molar-refractivity contribution in [2.24, 2.45) is 0 Å². The third-order valence-electron chi connectivity index (χ3n) is 2.80. The van der Waals surface area contributed by atoms with Crippen LogP contribution in [0.3, 0.4) is 0 Å². The Kier molecular flexibility index (Phi) is 3.39. The first-order valence-corrected chi connectivity index (χ1v) is 5.70. The molecule has 2 rings (SSSR count). The molecule has 1 aliphatic heterocycles. The van der Waals surface area contributed by atoms with Crippen LogP contribution in [0, 0.1) is 0 Å². The first-order valence-electron chi connectivity index (χ1n) is 5.70. The van der Waals surface area contributed by atoms with Crippen LogP contribution in [0.25, 0.3) is 0 Å². The highest BCUT2D eigenvalue weighted by Crippen LogP contribution is 2.21. The van der Waals surface area contributed by atoms with Crippen LogP contribution in [0.2, 0.25) is 0 Å². The Labute approximate surface area is 95.7 Å². The molecule has 0 atom stereocenters. The Bertz CT molecular complexity index is 372. The molecule has 4 nitrogen and oxygen atoms in total. The van der Waals surface area contributed by atoms with E-state index < -0.39 is 0 Å². The van der Waals surface area contributed by atoms with Gasteiger partial charge >= 0.3 is 0 Å². The van der Waals surface area contributed by atoms with Gasteiger partial charge in [-0.2, -0.15) is 0 Å². The van der Waals surface area contributed by atoms with Crippen LogP contribution in [-0.2, 0) is 11.3 Å². The molecular formula is C12H17N3O. The molecule has 2 heterocycles. The Balaban J connectivity index is 2.13. The largest absolute Gasteiger partial charge is 0.356 e. The molecule has 1 aromatic rings. The van der Waals surface area contributed by atoms with Crippen LogP contribution < -0.4 is 10.2 Å². The van der Waals surface area contributed by atoms with Gasteiger partial charge in [-0.1, -0.05) is 6.07 Å². The highest BCUT2D eigenvalue weighted by Gasteiger charge is 2.16. The maximum Gasteiger partial charge on any atom is 0.217 e. The molecule has 1 aromatic heterocycles. The van der Waals surface area contributed by atoms with E-state index in [1.807, 2.05) is 18.3 Å². The molecule has 1 saturated heterocycles. The number of amides is 1. The number of pyridine rings is 1. The number of hydrogen-bond donors (Lipinski definition) is 1. The Morgan fingerprint density at radius 2 is 2.25 bits per heavy atom. The molecule has 1 amide bonds. The third kappa shape index (κ3) is 2.51. The summed E-state index contributed by atoms with van der Waals surface area (Å²) < 4.78 is 0. The molecule has 0 aromatic carbocycles. The van der Waals surface area contributed by atoms with E-state index in [0.717, 1.165) is 24.5 Å². The minimum atomic E-state index is -0.00350. The molecule has 0 unspecified atom stereocenters. The summed E-state index contributed by atoms with van der Waals surface area (Å²) in [5.41, 5.74) is 1.10. The summed E-state index contributed by atoms with van der Waals surface area (Å²) in [5, 5.41) is 2.82. The van der Waals surface area contributed by atoms with Gasteiger partial charge in [0.2, 0.25) is 5.91 Å². The lowest BCUT2D eigenvalue weighted by molar-refractivity contribution is -0.119. The highest BCUT2D eigenvalue weighted by atomic mass is 16.1. The van der Waals surface area contributed by atoms with Gasteiger partial charge in [-0.05, 0) is 18.9 Å². The first-order chi connectivity index (χ1) is 7.77. The van der Waals surface area contributed by atoms with Crippen molar-refractivity contribution >= 4 is 11.7 Å². The number of nitrogens with zero attached hydrogens (tertiary/aromatic N) is 2. The second-order valence-corrected chi connectivity index (χ2v) is 4.09. The molecule has 1 N–H and O–H groups in total. The van der Waals surface area contributed by atoms with Crippen LogP contribution in [0.15, 0.2) is 18.3 Å². The molecule has 1 fully saturated rings. The fourth-order valence-electron chi connectivity index (χ4n) is 2.00. The first kappa shape index (κ1) is 10.9. The van der Waals surface area contributed by atoms with Crippen LogP contribution in [-0.4, -0.2) is 24.0 Å². The van der Waals surface area contributed by atoms with Gasteiger partial charge in [0, 0.05) is 38.3 Å². The van der Waals surface area contributed by atoms with E-state index in [0.29, 0.717) is 6.54 Å². The van der Waals surface area contributed by atoms with Crippen LogP contribution in [0.1, 0.15) is 25.3 Å². The summed E-state index contributed by atoms with van der Waals surface area (Å²) in [7, 11) is 0. The maximum absolute atomic E-state index is 10.9. The zero-order valence-electron chi connectivity index (χ0n) is 9.57. The third-order valence-corrected chi connectivity index (χ3v) is 2.80. The lowest BCUT2D eigenvalue weighted by Gasteiger charge is -2.19. The average molecular weight is 219 g/mol. The number of carbonyl (C=O) groups is 1. The van der Waals surface area contributed by atoms with E-state index in [1.165, 1.54) is 19.8 Å². The number of aromatic nitrogens is 1. The van der Waals surface area contributed by atoms with Gasteiger partial charge < -0.3 is 10.2 Å². The normalized spacial score (nSPS) is 15.2. The summed E-state index contributed by atoms with van der Waals surface area (Å²) >= 11 is 0. The summed E-state index contributed by atoms with van der Waals surface area (Å²) in [6.45, 7) is 4.25. The highest BCUT2D eigenvalue weighted by molar-refractivity contribution is 5.73. The number of rotatable bonds is 3. The average Bonchev–Trinajstić information content (AvgIpc) is 2.80. The van der Waals surface area contributed by atoms with Crippen molar-refractivity contribution in [3.05, 3.63) is 23.9 Å². The molecule has 1 aliphatic rings. The molecular weight excluding hydrogens is 202 g/mol. The van der Waals surface area contributed by atoms with Crippen molar-refractivity contribution in [1.82, 2.24) is 10.3 Å². The number of carbonyl (C=O) groups excluding carboxylic acids is 1. The van der Waals surface area contributed by atoms with Gasteiger partial charge in [0.1, 0.15) is 5.82 Å². The SMILES string of the molecule is CC(=O)NCc1cccnc1N1CCCC1. The Morgan fingerprint density at radius 1 is 1.50 bits per heavy atom. The molecule has 0 saturated carbocycles. The monoisotopic (exact) mass is 219 g/mol. The van der Waals surface area contributed by atoms with Crippen molar-refractivity contribution in [3.63, 3.8) is 0 Å². The summed E-state index contributed by atoms with van der Waals surface area (Å²) in [4.78, 5) is 17.6. The molecule has 0 spiro atoms. The molecule has 16 heavy (non-hydrogen) atoms. The van der Waals surface area contributed by atoms with E-state index >= 15 is 0 Å². The summed E-state index contributed by atoms with van der Waals surface area (Å²) in [5.74, 6) is 1.02. The van der Waals surface area contributed by atoms with E-state index in [4.69, 9.17) is 0 Å². The quantitative estimate of drug-likeness (QED) is 0.834. The fraction of sp³-hybridized carbons (Fsp3) is 0.500. The second-order valence-electron chi connectivity index (χ2n) is 4.09. The fourth-order valence-corrected chi connectivity index (χ4v) is 2.00. The topological polar surface area (TPSA) is 45.2 Å². The molecule has 0 bridgehead atoms. The molecule has 4 heteroatoms. The Hall–Kier alpha value is -1.58. The standard InChI is InChI=1S/C12H17N3O/c1-10(16)14-9-11-5-4-6-13-12(11)15-7-2-3-8-15/h4-6H,2-3,7-9H2,1H3,(H,14,16). The van der Waals surface area contributed by atoms with E-state index in [1.54, 1.807) is 0 Å². The molecule has 86 valence electrons. The summed E-state index contributed by atoms with van der Waals surface area (Å²) in [6, 6.07) is 3.94. The number of hydrogen-bond acceptors (Lipinski definition) is 3. The predicted molar refractivity (Wildman–Crippen MR) is 63.2 cm³/mol. The van der Waals surface area contributed by atoms with Gasteiger partial charge in [0.15, 0.2) is 0 Å². The van der Waals surface area contributed by atoms with E-state index in [2.05, 4.69) is 15.2 Å². The zero-order valence-corrected chi connectivity index (χ0v) is 9.57. The minimum absolute atomic E-state index is 0.00350. The number of nitrogens with one attached hydrogen (secondary N) is 1. The second kappa shape index (κ2) is 4.96. The number of anilines is 1. The van der Waals surface area contributed by atoms with Crippen LogP contribution in [0.5, 0.6) is 0 Å². The van der Waals surface area contributed by atoms with Crippen molar-refractivity contribution in [3.8, 4) is 0 Å². The van der Waals surface area contributed by atoms with Crippen LogP contribution in [0.4, 0.5) is 5.82 Å². The van der Waals surface area contributed by atoms with Gasteiger partial charge in [-0.15, -0.1) is 0 Å². The molecule has 0 radical (unpaired) electrons.